The number of rotatable bonds is 9. The van der Waals surface area contributed by atoms with Crippen molar-refractivity contribution >= 4 is 27.6 Å². The van der Waals surface area contributed by atoms with E-state index in [4.69, 9.17) is 9.47 Å². The minimum Gasteiger partial charge on any atom is -0.481 e. The van der Waals surface area contributed by atoms with Crippen molar-refractivity contribution in [1.82, 2.24) is 5.32 Å². The van der Waals surface area contributed by atoms with E-state index >= 15 is 0 Å². The van der Waals surface area contributed by atoms with Crippen LogP contribution in [0.3, 0.4) is 0 Å². The van der Waals surface area contributed by atoms with Gasteiger partial charge in [-0.1, -0.05) is 19.3 Å². The molecule has 8 nitrogen and oxygen atoms in total. The zero-order valence-corrected chi connectivity index (χ0v) is 19.7. The highest BCUT2D eigenvalue weighted by Gasteiger charge is 2.21. The van der Waals surface area contributed by atoms with Gasteiger partial charge in [-0.15, -0.1) is 0 Å². The first-order valence-electron chi connectivity index (χ1n) is 11.2. The van der Waals surface area contributed by atoms with Crippen molar-refractivity contribution in [3.8, 4) is 5.75 Å². The summed E-state index contributed by atoms with van der Waals surface area (Å²) in [6.45, 7) is 3.64. The Balaban J connectivity index is 1.57. The number of hydrogen-bond donors (Lipinski definition) is 2. The van der Waals surface area contributed by atoms with E-state index in [1.165, 1.54) is 55.0 Å². The first-order chi connectivity index (χ1) is 15.8. The first kappa shape index (κ1) is 24.6. The summed E-state index contributed by atoms with van der Waals surface area (Å²) in [5.74, 6) is -0.241. The number of esters is 1. The lowest BCUT2D eigenvalue weighted by atomic mass is 9.95. The summed E-state index contributed by atoms with van der Waals surface area (Å²) in [6.07, 6.45) is 4.75. The van der Waals surface area contributed by atoms with Crippen LogP contribution in [0.5, 0.6) is 5.75 Å². The quantitative estimate of drug-likeness (QED) is 0.534. The zero-order valence-electron chi connectivity index (χ0n) is 18.9. The van der Waals surface area contributed by atoms with E-state index in [1.54, 1.807) is 13.8 Å². The monoisotopic (exact) mass is 474 g/mol. The van der Waals surface area contributed by atoms with Gasteiger partial charge in [0.25, 0.3) is 15.9 Å². The van der Waals surface area contributed by atoms with Crippen molar-refractivity contribution in [3.63, 3.8) is 0 Å². The molecule has 33 heavy (non-hydrogen) atoms. The Morgan fingerprint density at radius 3 is 2.24 bits per heavy atom. The third-order valence-electron chi connectivity index (χ3n) is 5.42. The maximum Gasteiger partial charge on any atom is 0.338 e. The number of hydrogen-bond acceptors (Lipinski definition) is 6. The van der Waals surface area contributed by atoms with Gasteiger partial charge in [0.2, 0.25) is 0 Å². The molecule has 2 aromatic carbocycles. The lowest BCUT2D eigenvalue weighted by Crippen LogP contribution is -2.43. The van der Waals surface area contributed by atoms with Gasteiger partial charge in [0.05, 0.1) is 17.1 Å². The van der Waals surface area contributed by atoms with Gasteiger partial charge in [0.1, 0.15) is 5.75 Å². The van der Waals surface area contributed by atoms with Gasteiger partial charge >= 0.3 is 5.97 Å². The van der Waals surface area contributed by atoms with Crippen LogP contribution >= 0.6 is 0 Å². The Morgan fingerprint density at radius 2 is 1.64 bits per heavy atom. The molecule has 0 radical (unpaired) electrons. The lowest BCUT2D eigenvalue weighted by molar-refractivity contribution is -0.128. The van der Waals surface area contributed by atoms with Crippen LogP contribution < -0.4 is 14.8 Å². The molecule has 0 bridgehead atoms. The summed E-state index contributed by atoms with van der Waals surface area (Å²) in [4.78, 5) is 24.1. The number of amides is 1. The summed E-state index contributed by atoms with van der Waals surface area (Å²) in [6, 6.07) is 12.0. The minimum atomic E-state index is -3.84. The Kier molecular flexibility index (Phi) is 8.32. The third kappa shape index (κ3) is 6.95. The molecule has 1 saturated carbocycles. The SMILES string of the molecule is CCOC(=O)c1ccc(NS(=O)(=O)c2ccc(O[C@@H](C)C(=O)NC3CCCCC3)cc2)cc1. The zero-order chi connectivity index (χ0) is 23.8. The predicted molar refractivity (Wildman–Crippen MR) is 125 cm³/mol. The van der Waals surface area contributed by atoms with Crippen LogP contribution in [0, 0.1) is 0 Å². The molecule has 1 fully saturated rings. The van der Waals surface area contributed by atoms with E-state index in [2.05, 4.69) is 10.0 Å². The number of benzene rings is 2. The molecular formula is C24H30N2O6S. The summed E-state index contributed by atoms with van der Waals surface area (Å²) >= 11 is 0. The molecule has 1 amide bonds. The van der Waals surface area contributed by atoms with Gasteiger partial charge in [0, 0.05) is 11.7 Å². The van der Waals surface area contributed by atoms with E-state index in [0.29, 0.717) is 17.0 Å². The second kappa shape index (κ2) is 11.2. The fourth-order valence-corrected chi connectivity index (χ4v) is 4.68. The molecular weight excluding hydrogens is 444 g/mol. The van der Waals surface area contributed by atoms with Crippen LogP contribution in [-0.4, -0.2) is 39.0 Å². The Bertz CT molecular complexity index is 1050. The van der Waals surface area contributed by atoms with E-state index in [9.17, 15) is 18.0 Å². The van der Waals surface area contributed by atoms with Crippen LogP contribution in [-0.2, 0) is 19.6 Å². The Morgan fingerprint density at radius 1 is 1.00 bits per heavy atom. The molecule has 1 aliphatic carbocycles. The van der Waals surface area contributed by atoms with Gasteiger partial charge in [-0.25, -0.2) is 13.2 Å². The molecule has 1 aliphatic rings. The highest BCUT2D eigenvalue weighted by molar-refractivity contribution is 7.92. The fourth-order valence-electron chi connectivity index (χ4n) is 3.62. The molecule has 0 aromatic heterocycles. The minimum absolute atomic E-state index is 0.0450. The Hall–Kier alpha value is -3.07. The second-order valence-corrected chi connectivity index (χ2v) is 9.66. The van der Waals surface area contributed by atoms with Gasteiger partial charge in [-0.05, 0) is 75.2 Å². The topological polar surface area (TPSA) is 111 Å². The van der Waals surface area contributed by atoms with Crippen molar-refractivity contribution in [1.29, 1.82) is 0 Å². The average molecular weight is 475 g/mol. The highest BCUT2D eigenvalue weighted by atomic mass is 32.2. The van der Waals surface area contributed by atoms with E-state index < -0.39 is 22.1 Å². The number of sulfonamides is 1. The molecule has 9 heteroatoms. The molecule has 0 spiro atoms. The maximum atomic E-state index is 12.7. The van der Waals surface area contributed by atoms with Crippen LogP contribution in [0.25, 0.3) is 0 Å². The van der Waals surface area contributed by atoms with Gasteiger partial charge in [-0.2, -0.15) is 0 Å². The number of anilines is 1. The summed E-state index contributed by atoms with van der Waals surface area (Å²) in [5, 5.41) is 3.02. The van der Waals surface area contributed by atoms with Crippen LogP contribution in [0.1, 0.15) is 56.3 Å². The van der Waals surface area contributed by atoms with E-state index in [-0.39, 0.29) is 23.5 Å². The molecule has 1 atom stereocenters. The number of carbonyl (C=O) groups excluding carboxylic acids is 2. The van der Waals surface area contributed by atoms with Gasteiger partial charge < -0.3 is 14.8 Å². The van der Waals surface area contributed by atoms with E-state index in [1.807, 2.05) is 0 Å². The standard InChI is InChI=1S/C24H30N2O6S/c1-3-31-24(28)18-9-11-20(12-10-18)26-33(29,30)22-15-13-21(14-16-22)32-17(2)23(27)25-19-7-5-4-6-8-19/h9-17,19,26H,3-8H2,1-2H3,(H,25,27)/t17-/m0/s1. The smallest absolute Gasteiger partial charge is 0.338 e. The van der Waals surface area contributed by atoms with Crippen LogP contribution in [0.2, 0.25) is 0 Å². The predicted octanol–water partition coefficient (Wildman–Crippen LogP) is 3.88. The molecule has 3 rings (SSSR count). The first-order valence-corrected chi connectivity index (χ1v) is 12.6. The number of nitrogens with one attached hydrogen (secondary N) is 2. The molecule has 0 heterocycles. The summed E-state index contributed by atoms with van der Waals surface area (Å²) in [5.41, 5.74) is 0.652. The molecule has 0 aliphatic heterocycles. The normalized spacial score (nSPS) is 15.3. The van der Waals surface area contributed by atoms with Crippen molar-refractivity contribution in [2.24, 2.45) is 0 Å². The number of ether oxygens (including phenoxy) is 2. The van der Waals surface area contributed by atoms with Crippen molar-refractivity contribution in [3.05, 3.63) is 54.1 Å². The maximum absolute atomic E-state index is 12.7. The van der Waals surface area contributed by atoms with Crippen LogP contribution in [0.15, 0.2) is 53.4 Å². The molecule has 2 N–H and O–H groups in total. The lowest BCUT2D eigenvalue weighted by Gasteiger charge is -2.24. The largest absolute Gasteiger partial charge is 0.481 e. The van der Waals surface area contributed by atoms with Crippen LogP contribution in [0.4, 0.5) is 5.69 Å². The van der Waals surface area contributed by atoms with E-state index in [0.717, 1.165) is 25.7 Å². The second-order valence-electron chi connectivity index (χ2n) is 7.98. The Labute approximate surface area is 194 Å². The summed E-state index contributed by atoms with van der Waals surface area (Å²) in [7, 11) is -3.84. The number of carbonyl (C=O) groups is 2. The fraction of sp³-hybridized carbons (Fsp3) is 0.417. The molecule has 0 saturated heterocycles. The van der Waals surface area contributed by atoms with Gasteiger partial charge in [-0.3, -0.25) is 9.52 Å². The third-order valence-corrected chi connectivity index (χ3v) is 6.81. The molecule has 178 valence electrons. The average Bonchev–Trinajstić information content (AvgIpc) is 2.80. The van der Waals surface area contributed by atoms with Crippen molar-refractivity contribution < 1.29 is 27.5 Å². The highest BCUT2D eigenvalue weighted by Crippen LogP contribution is 2.21. The van der Waals surface area contributed by atoms with Gasteiger partial charge in [0.15, 0.2) is 6.10 Å². The molecule has 0 unspecified atom stereocenters. The molecule has 2 aromatic rings. The van der Waals surface area contributed by atoms with Crippen molar-refractivity contribution in [2.45, 2.75) is 63.0 Å². The van der Waals surface area contributed by atoms with Crippen molar-refractivity contribution in [2.75, 3.05) is 11.3 Å². The summed E-state index contributed by atoms with van der Waals surface area (Å²) < 4.78 is 38.4.